The van der Waals surface area contributed by atoms with Gasteiger partial charge in [0, 0.05) is 25.7 Å². The maximum Gasteiger partial charge on any atom is 0.119 e. The van der Waals surface area contributed by atoms with Crippen LogP contribution in [0.4, 0.5) is 0 Å². The van der Waals surface area contributed by atoms with Gasteiger partial charge in [-0.15, -0.1) is 0 Å². The van der Waals surface area contributed by atoms with Crippen molar-refractivity contribution < 1.29 is 4.74 Å². The molecule has 0 unspecified atom stereocenters. The van der Waals surface area contributed by atoms with Crippen LogP contribution in [0, 0.1) is 5.41 Å². The molecule has 21 heavy (non-hydrogen) atoms. The summed E-state index contributed by atoms with van der Waals surface area (Å²) < 4.78 is 5.87. The first-order valence-corrected chi connectivity index (χ1v) is 7.90. The predicted octanol–water partition coefficient (Wildman–Crippen LogP) is 3.54. The second-order valence-electron chi connectivity index (χ2n) is 7.33. The molecule has 120 valence electrons. The number of rotatable bonds is 8. The van der Waals surface area contributed by atoms with Gasteiger partial charge in [0.2, 0.25) is 0 Å². The Labute approximate surface area is 130 Å². The molecule has 1 N–H and O–H groups in total. The monoisotopic (exact) mass is 292 g/mol. The van der Waals surface area contributed by atoms with Crippen molar-refractivity contribution in [2.45, 2.75) is 47.2 Å². The molecule has 3 heteroatoms. The van der Waals surface area contributed by atoms with Gasteiger partial charge in [0.25, 0.3) is 0 Å². The summed E-state index contributed by atoms with van der Waals surface area (Å²) in [5, 5.41) is 3.43. The van der Waals surface area contributed by atoms with E-state index in [9.17, 15) is 0 Å². The number of benzene rings is 1. The molecule has 0 aliphatic heterocycles. The lowest BCUT2D eigenvalue weighted by Gasteiger charge is -2.26. The van der Waals surface area contributed by atoms with Crippen LogP contribution in [0.15, 0.2) is 24.3 Å². The van der Waals surface area contributed by atoms with Gasteiger partial charge in [0.1, 0.15) is 12.4 Å². The summed E-state index contributed by atoms with van der Waals surface area (Å²) >= 11 is 0. The van der Waals surface area contributed by atoms with Crippen LogP contribution in [0.3, 0.4) is 0 Å². The molecule has 0 aliphatic carbocycles. The zero-order valence-corrected chi connectivity index (χ0v) is 14.6. The van der Waals surface area contributed by atoms with Gasteiger partial charge >= 0.3 is 0 Å². The summed E-state index contributed by atoms with van der Waals surface area (Å²) in [4.78, 5) is 2.32. The average Bonchev–Trinajstić information content (AvgIpc) is 2.34. The minimum Gasteiger partial charge on any atom is -0.492 e. The maximum atomic E-state index is 5.87. The molecule has 0 radical (unpaired) electrons. The molecule has 0 aliphatic rings. The van der Waals surface area contributed by atoms with Crippen LogP contribution in [0.25, 0.3) is 0 Å². The number of likely N-dealkylation sites (N-methyl/N-ethyl adjacent to an activating group) is 1. The first-order valence-electron chi connectivity index (χ1n) is 7.90. The molecular formula is C18H32N2O. The highest BCUT2D eigenvalue weighted by molar-refractivity contribution is 5.28. The molecule has 0 heterocycles. The van der Waals surface area contributed by atoms with Crippen molar-refractivity contribution in [3.8, 4) is 5.75 Å². The molecule has 1 aromatic carbocycles. The van der Waals surface area contributed by atoms with Crippen molar-refractivity contribution in [3.63, 3.8) is 0 Å². The molecule has 0 saturated carbocycles. The molecule has 0 amide bonds. The minimum absolute atomic E-state index is 0.331. The molecule has 0 spiro atoms. The summed E-state index contributed by atoms with van der Waals surface area (Å²) in [6, 6.07) is 8.85. The average molecular weight is 292 g/mol. The van der Waals surface area contributed by atoms with E-state index in [4.69, 9.17) is 4.74 Å². The molecule has 0 bridgehead atoms. The molecule has 1 aromatic rings. The number of hydrogen-bond donors (Lipinski definition) is 1. The highest BCUT2D eigenvalue weighted by Crippen LogP contribution is 2.15. The fourth-order valence-electron chi connectivity index (χ4n) is 2.28. The van der Waals surface area contributed by atoms with Crippen molar-refractivity contribution in [2.75, 3.05) is 26.7 Å². The van der Waals surface area contributed by atoms with E-state index in [0.717, 1.165) is 32.0 Å². The van der Waals surface area contributed by atoms with Crippen LogP contribution in [-0.2, 0) is 6.54 Å². The van der Waals surface area contributed by atoms with Gasteiger partial charge in [-0.25, -0.2) is 0 Å². The van der Waals surface area contributed by atoms with Gasteiger partial charge in [0.05, 0.1) is 0 Å². The fraction of sp³-hybridized carbons (Fsp3) is 0.667. The second kappa shape index (κ2) is 8.40. The van der Waals surface area contributed by atoms with E-state index in [1.807, 2.05) is 6.07 Å². The van der Waals surface area contributed by atoms with Gasteiger partial charge in [-0.2, -0.15) is 0 Å². The Kier molecular flexibility index (Phi) is 7.20. The van der Waals surface area contributed by atoms with E-state index in [1.165, 1.54) is 5.56 Å². The molecular weight excluding hydrogens is 260 g/mol. The quantitative estimate of drug-likeness (QED) is 0.793. The zero-order valence-electron chi connectivity index (χ0n) is 14.6. The standard InChI is InChI=1S/C18H32N2O/c1-15(2)19-13-16-8-7-9-17(12-16)21-11-10-20(6)14-18(3,4)5/h7-9,12,15,19H,10-11,13-14H2,1-6H3. The van der Waals surface area contributed by atoms with Crippen molar-refractivity contribution in [2.24, 2.45) is 5.41 Å². The molecule has 0 aromatic heterocycles. The molecule has 0 atom stereocenters. The third-order valence-electron chi connectivity index (χ3n) is 3.10. The van der Waals surface area contributed by atoms with E-state index in [0.29, 0.717) is 11.5 Å². The van der Waals surface area contributed by atoms with Gasteiger partial charge in [0.15, 0.2) is 0 Å². The third kappa shape index (κ3) is 8.74. The van der Waals surface area contributed by atoms with Crippen LogP contribution >= 0.6 is 0 Å². The smallest absolute Gasteiger partial charge is 0.119 e. The van der Waals surface area contributed by atoms with Crippen LogP contribution < -0.4 is 10.1 Å². The number of nitrogens with one attached hydrogen (secondary N) is 1. The van der Waals surface area contributed by atoms with Crippen LogP contribution in [0.2, 0.25) is 0 Å². The van der Waals surface area contributed by atoms with E-state index < -0.39 is 0 Å². The largest absolute Gasteiger partial charge is 0.492 e. The number of ether oxygens (including phenoxy) is 1. The second-order valence-corrected chi connectivity index (χ2v) is 7.33. The van der Waals surface area contributed by atoms with Gasteiger partial charge in [-0.05, 0) is 30.2 Å². The maximum absolute atomic E-state index is 5.87. The lowest BCUT2D eigenvalue weighted by Crippen LogP contribution is -2.32. The highest BCUT2D eigenvalue weighted by Gasteiger charge is 2.13. The number of nitrogens with zero attached hydrogens (tertiary/aromatic N) is 1. The van der Waals surface area contributed by atoms with Gasteiger partial charge in [-0.1, -0.05) is 46.8 Å². The first kappa shape index (κ1) is 18.0. The lowest BCUT2D eigenvalue weighted by molar-refractivity contribution is 0.188. The molecule has 1 rings (SSSR count). The Hall–Kier alpha value is -1.06. The fourth-order valence-corrected chi connectivity index (χ4v) is 2.28. The van der Waals surface area contributed by atoms with Crippen LogP contribution in [-0.4, -0.2) is 37.7 Å². The summed E-state index contributed by atoms with van der Waals surface area (Å²) in [5.41, 5.74) is 1.60. The number of hydrogen-bond acceptors (Lipinski definition) is 3. The molecule has 0 saturated heterocycles. The summed E-state index contributed by atoms with van der Waals surface area (Å²) in [7, 11) is 2.15. The summed E-state index contributed by atoms with van der Waals surface area (Å²) in [6.45, 7) is 14.7. The van der Waals surface area contributed by atoms with Crippen molar-refractivity contribution in [1.82, 2.24) is 10.2 Å². The molecule has 0 fully saturated rings. The topological polar surface area (TPSA) is 24.5 Å². The van der Waals surface area contributed by atoms with E-state index >= 15 is 0 Å². The Balaban J connectivity index is 2.36. The predicted molar refractivity (Wildman–Crippen MR) is 90.9 cm³/mol. The Morgan fingerprint density at radius 1 is 1.24 bits per heavy atom. The zero-order chi connectivity index (χ0) is 15.9. The van der Waals surface area contributed by atoms with Crippen molar-refractivity contribution in [3.05, 3.63) is 29.8 Å². The van der Waals surface area contributed by atoms with Crippen LogP contribution in [0.1, 0.15) is 40.2 Å². The Morgan fingerprint density at radius 3 is 2.57 bits per heavy atom. The van der Waals surface area contributed by atoms with E-state index in [-0.39, 0.29) is 0 Å². The highest BCUT2D eigenvalue weighted by atomic mass is 16.5. The summed E-state index contributed by atoms with van der Waals surface area (Å²) in [6.07, 6.45) is 0. The molecule has 3 nitrogen and oxygen atoms in total. The van der Waals surface area contributed by atoms with Gasteiger partial charge < -0.3 is 15.0 Å². The SMILES string of the molecule is CC(C)NCc1cccc(OCCN(C)CC(C)(C)C)c1. The van der Waals surface area contributed by atoms with E-state index in [2.05, 4.69) is 70.1 Å². The van der Waals surface area contributed by atoms with Crippen molar-refractivity contribution in [1.29, 1.82) is 0 Å². The van der Waals surface area contributed by atoms with Gasteiger partial charge in [-0.3, -0.25) is 0 Å². The van der Waals surface area contributed by atoms with Crippen molar-refractivity contribution >= 4 is 0 Å². The van der Waals surface area contributed by atoms with E-state index in [1.54, 1.807) is 0 Å². The Bertz CT molecular complexity index is 410. The first-order chi connectivity index (χ1) is 9.76. The minimum atomic E-state index is 0.331. The van der Waals surface area contributed by atoms with Crippen LogP contribution in [0.5, 0.6) is 5.75 Å². The summed E-state index contributed by atoms with van der Waals surface area (Å²) in [5.74, 6) is 0.960. The Morgan fingerprint density at radius 2 is 1.95 bits per heavy atom. The lowest BCUT2D eigenvalue weighted by atomic mass is 9.96. The normalized spacial score (nSPS) is 12.2. The third-order valence-corrected chi connectivity index (χ3v) is 3.10.